The zero-order chi connectivity index (χ0) is 10.8. The maximum absolute atomic E-state index is 5.63. The Labute approximate surface area is 91.4 Å². The van der Waals surface area contributed by atoms with Crippen LogP contribution in [0.15, 0.2) is 24.3 Å². The number of hydrogen-bond acceptors (Lipinski definition) is 2. The van der Waals surface area contributed by atoms with Gasteiger partial charge in [-0.05, 0) is 56.3 Å². The molecule has 0 aromatic heterocycles. The number of nitrogens with two attached hydrogens (primary N) is 1. The highest BCUT2D eigenvalue weighted by molar-refractivity contribution is 5.32. The van der Waals surface area contributed by atoms with E-state index in [1.165, 1.54) is 12.0 Å². The summed E-state index contributed by atoms with van der Waals surface area (Å²) in [5.41, 5.74) is 7.04. The maximum Gasteiger partial charge on any atom is 0.119 e. The van der Waals surface area contributed by atoms with E-state index in [-0.39, 0.29) is 6.10 Å². The molecule has 2 atom stereocenters. The molecule has 1 fully saturated rings. The molecule has 2 N–H and O–H groups in total. The third kappa shape index (κ3) is 2.51. The summed E-state index contributed by atoms with van der Waals surface area (Å²) in [5, 5.41) is 0. The Morgan fingerprint density at radius 1 is 1.33 bits per heavy atom. The van der Waals surface area contributed by atoms with Crippen molar-refractivity contribution < 1.29 is 4.74 Å². The Morgan fingerprint density at radius 2 is 2.00 bits per heavy atom. The van der Waals surface area contributed by atoms with Crippen LogP contribution in [0.3, 0.4) is 0 Å². The lowest BCUT2D eigenvalue weighted by Gasteiger charge is -2.09. The first-order valence-corrected chi connectivity index (χ1v) is 5.67. The van der Waals surface area contributed by atoms with Crippen molar-refractivity contribution in [2.75, 3.05) is 6.54 Å². The highest BCUT2D eigenvalue weighted by atomic mass is 16.5. The molecule has 2 rings (SSSR count). The summed E-state index contributed by atoms with van der Waals surface area (Å²) in [6.07, 6.45) is 1.49. The fraction of sp³-hybridized carbons (Fsp3) is 0.538. The van der Waals surface area contributed by atoms with E-state index in [1.54, 1.807) is 0 Å². The van der Waals surface area contributed by atoms with Gasteiger partial charge in [-0.15, -0.1) is 0 Å². The van der Waals surface area contributed by atoms with Crippen molar-refractivity contribution in [2.45, 2.75) is 32.3 Å². The van der Waals surface area contributed by atoms with Crippen LogP contribution >= 0.6 is 0 Å². The Morgan fingerprint density at radius 3 is 2.47 bits per heavy atom. The summed E-state index contributed by atoms with van der Waals surface area (Å²) in [6, 6.07) is 8.44. The zero-order valence-electron chi connectivity index (χ0n) is 9.44. The first kappa shape index (κ1) is 10.5. The minimum Gasteiger partial charge on any atom is -0.491 e. The molecule has 1 aliphatic rings. The summed E-state index contributed by atoms with van der Waals surface area (Å²) in [6.45, 7) is 4.90. The fourth-order valence-electron chi connectivity index (χ4n) is 1.98. The highest BCUT2D eigenvalue weighted by Gasteiger charge is 2.36. The molecule has 1 aromatic carbocycles. The highest BCUT2D eigenvalue weighted by Crippen LogP contribution is 2.46. The fourth-order valence-corrected chi connectivity index (χ4v) is 1.98. The molecule has 0 aliphatic heterocycles. The van der Waals surface area contributed by atoms with E-state index >= 15 is 0 Å². The molecule has 1 aliphatic carbocycles. The van der Waals surface area contributed by atoms with E-state index < -0.39 is 0 Å². The van der Waals surface area contributed by atoms with Crippen molar-refractivity contribution in [3.63, 3.8) is 0 Å². The monoisotopic (exact) mass is 205 g/mol. The SMILES string of the molecule is CC(C)Oc1ccc([C@@H]2C[C@H]2CN)cc1. The molecule has 0 bridgehead atoms. The van der Waals surface area contributed by atoms with Gasteiger partial charge in [0.25, 0.3) is 0 Å². The van der Waals surface area contributed by atoms with Gasteiger partial charge in [-0.2, -0.15) is 0 Å². The Balaban J connectivity index is 1.99. The van der Waals surface area contributed by atoms with Gasteiger partial charge in [-0.3, -0.25) is 0 Å². The van der Waals surface area contributed by atoms with E-state index in [0.717, 1.165) is 12.3 Å². The second kappa shape index (κ2) is 4.23. The van der Waals surface area contributed by atoms with Crippen LogP contribution in [0.2, 0.25) is 0 Å². The quantitative estimate of drug-likeness (QED) is 0.819. The molecular formula is C13H19NO. The van der Waals surface area contributed by atoms with Gasteiger partial charge >= 0.3 is 0 Å². The van der Waals surface area contributed by atoms with Crippen molar-refractivity contribution in [3.05, 3.63) is 29.8 Å². The standard InChI is InChI=1S/C13H19NO/c1-9(2)15-12-5-3-10(4-6-12)13-7-11(13)8-14/h3-6,9,11,13H,7-8,14H2,1-2H3/t11-,13-/m0/s1. The van der Waals surface area contributed by atoms with Gasteiger partial charge in [0.2, 0.25) is 0 Å². The Kier molecular flexibility index (Phi) is 2.96. The van der Waals surface area contributed by atoms with Crippen molar-refractivity contribution >= 4 is 0 Å². The van der Waals surface area contributed by atoms with Crippen LogP contribution in [-0.2, 0) is 0 Å². The van der Waals surface area contributed by atoms with Gasteiger partial charge in [0.1, 0.15) is 5.75 Å². The van der Waals surface area contributed by atoms with E-state index in [0.29, 0.717) is 11.8 Å². The van der Waals surface area contributed by atoms with Gasteiger partial charge < -0.3 is 10.5 Å². The van der Waals surface area contributed by atoms with Crippen LogP contribution in [0.1, 0.15) is 31.7 Å². The van der Waals surface area contributed by atoms with Crippen LogP contribution in [0, 0.1) is 5.92 Å². The average Bonchev–Trinajstić information content (AvgIpc) is 2.97. The van der Waals surface area contributed by atoms with E-state index in [4.69, 9.17) is 10.5 Å². The van der Waals surface area contributed by atoms with Crippen LogP contribution in [0.25, 0.3) is 0 Å². The molecule has 0 saturated heterocycles. The summed E-state index contributed by atoms with van der Waals surface area (Å²) in [7, 11) is 0. The molecule has 2 nitrogen and oxygen atoms in total. The lowest BCUT2D eigenvalue weighted by Crippen LogP contribution is -2.05. The summed E-state index contributed by atoms with van der Waals surface area (Å²) in [4.78, 5) is 0. The number of ether oxygens (including phenoxy) is 1. The van der Waals surface area contributed by atoms with Crippen molar-refractivity contribution in [1.29, 1.82) is 0 Å². The van der Waals surface area contributed by atoms with Gasteiger partial charge in [0.15, 0.2) is 0 Å². The lowest BCUT2D eigenvalue weighted by atomic mass is 10.1. The van der Waals surface area contributed by atoms with Crippen LogP contribution in [0.4, 0.5) is 0 Å². The second-order valence-electron chi connectivity index (χ2n) is 4.57. The van der Waals surface area contributed by atoms with Crippen molar-refractivity contribution in [2.24, 2.45) is 11.7 Å². The van der Waals surface area contributed by atoms with E-state index in [1.807, 2.05) is 13.8 Å². The van der Waals surface area contributed by atoms with Crippen molar-refractivity contribution in [3.8, 4) is 5.75 Å². The van der Waals surface area contributed by atoms with Crippen LogP contribution in [0.5, 0.6) is 5.75 Å². The number of hydrogen-bond donors (Lipinski definition) is 1. The molecule has 0 radical (unpaired) electrons. The smallest absolute Gasteiger partial charge is 0.119 e. The summed E-state index contributed by atoms with van der Waals surface area (Å²) < 4.78 is 5.60. The van der Waals surface area contributed by atoms with E-state index in [2.05, 4.69) is 24.3 Å². The zero-order valence-corrected chi connectivity index (χ0v) is 9.44. The first-order valence-electron chi connectivity index (χ1n) is 5.67. The molecule has 82 valence electrons. The largest absolute Gasteiger partial charge is 0.491 e. The van der Waals surface area contributed by atoms with Crippen LogP contribution in [-0.4, -0.2) is 12.6 Å². The topological polar surface area (TPSA) is 35.2 Å². The molecule has 2 heteroatoms. The summed E-state index contributed by atoms with van der Waals surface area (Å²) >= 11 is 0. The Hall–Kier alpha value is -1.02. The molecule has 0 heterocycles. The molecular weight excluding hydrogens is 186 g/mol. The third-order valence-corrected chi connectivity index (χ3v) is 2.91. The van der Waals surface area contributed by atoms with Gasteiger partial charge in [-0.25, -0.2) is 0 Å². The minimum atomic E-state index is 0.244. The molecule has 1 saturated carbocycles. The molecule has 0 spiro atoms. The number of benzene rings is 1. The molecule has 0 amide bonds. The molecule has 1 aromatic rings. The lowest BCUT2D eigenvalue weighted by molar-refractivity contribution is 0.242. The van der Waals surface area contributed by atoms with Gasteiger partial charge in [0.05, 0.1) is 6.10 Å². The molecule has 15 heavy (non-hydrogen) atoms. The molecule has 0 unspecified atom stereocenters. The number of rotatable bonds is 4. The average molecular weight is 205 g/mol. The normalized spacial score (nSPS) is 24.3. The van der Waals surface area contributed by atoms with E-state index in [9.17, 15) is 0 Å². The van der Waals surface area contributed by atoms with Gasteiger partial charge in [-0.1, -0.05) is 12.1 Å². The minimum absolute atomic E-state index is 0.244. The summed E-state index contributed by atoms with van der Waals surface area (Å²) in [5.74, 6) is 2.36. The van der Waals surface area contributed by atoms with Crippen LogP contribution < -0.4 is 10.5 Å². The maximum atomic E-state index is 5.63. The second-order valence-corrected chi connectivity index (χ2v) is 4.57. The predicted molar refractivity (Wildman–Crippen MR) is 62.1 cm³/mol. The predicted octanol–water partition coefficient (Wildman–Crippen LogP) is 2.54. The third-order valence-electron chi connectivity index (χ3n) is 2.91. The van der Waals surface area contributed by atoms with Gasteiger partial charge in [0, 0.05) is 0 Å². The Bertz CT molecular complexity index is 318. The first-order chi connectivity index (χ1) is 7.20. The van der Waals surface area contributed by atoms with Crippen molar-refractivity contribution in [1.82, 2.24) is 0 Å².